The molecule has 2 aromatic carbocycles. The van der Waals surface area contributed by atoms with Crippen molar-refractivity contribution >= 4 is 40.5 Å². The van der Waals surface area contributed by atoms with Crippen molar-refractivity contribution in [3.63, 3.8) is 0 Å². The normalized spacial score (nSPS) is 11.5. The van der Waals surface area contributed by atoms with Crippen molar-refractivity contribution in [1.29, 1.82) is 0 Å². The standard InChI is InChI=1S/C19H21ClN2O2S/c1-4-13(3)24-16-9-6-14(7-10-16)18(23)22-19(25)21-15-8-5-12(2)17(20)11-15/h5-11,13H,4H2,1-3H3,(H2,21,22,23,25). The van der Waals surface area contributed by atoms with E-state index in [2.05, 4.69) is 17.6 Å². The van der Waals surface area contributed by atoms with E-state index in [0.29, 0.717) is 10.6 Å². The summed E-state index contributed by atoms with van der Waals surface area (Å²) < 4.78 is 5.70. The maximum absolute atomic E-state index is 12.3. The highest BCUT2D eigenvalue weighted by atomic mass is 35.5. The number of nitrogens with one attached hydrogen (secondary N) is 2. The van der Waals surface area contributed by atoms with Gasteiger partial charge in [0.15, 0.2) is 5.11 Å². The molecule has 132 valence electrons. The Morgan fingerprint density at radius 1 is 1.24 bits per heavy atom. The van der Waals surface area contributed by atoms with Gasteiger partial charge in [0, 0.05) is 16.3 Å². The zero-order valence-electron chi connectivity index (χ0n) is 14.4. The first kappa shape index (κ1) is 19.2. The second-order valence-electron chi connectivity index (χ2n) is 5.73. The zero-order chi connectivity index (χ0) is 18.4. The average molecular weight is 377 g/mol. The molecule has 2 rings (SSSR count). The van der Waals surface area contributed by atoms with Crippen LogP contribution in [-0.2, 0) is 0 Å². The molecule has 0 aliphatic heterocycles. The summed E-state index contributed by atoms with van der Waals surface area (Å²) in [7, 11) is 0. The Hall–Kier alpha value is -2.11. The van der Waals surface area contributed by atoms with E-state index >= 15 is 0 Å². The van der Waals surface area contributed by atoms with Gasteiger partial charge in [0.05, 0.1) is 6.10 Å². The highest BCUT2D eigenvalue weighted by molar-refractivity contribution is 7.80. The number of hydrogen-bond donors (Lipinski definition) is 2. The second-order valence-corrected chi connectivity index (χ2v) is 6.55. The van der Waals surface area contributed by atoms with Crippen LogP contribution >= 0.6 is 23.8 Å². The predicted octanol–water partition coefficient (Wildman–Crippen LogP) is 4.95. The molecule has 0 radical (unpaired) electrons. The Kier molecular flexibility index (Phi) is 6.79. The third kappa shape index (κ3) is 5.73. The van der Waals surface area contributed by atoms with Crippen LogP contribution in [0.4, 0.5) is 5.69 Å². The second kappa shape index (κ2) is 8.83. The van der Waals surface area contributed by atoms with Crippen LogP contribution in [0.5, 0.6) is 5.75 Å². The van der Waals surface area contributed by atoms with E-state index in [-0.39, 0.29) is 17.1 Å². The average Bonchev–Trinajstić information content (AvgIpc) is 2.58. The third-order valence-electron chi connectivity index (χ3n) is 3.69. The van der Waals surface area contributed by atoms with Crippen molar-refractivity contribution in [2.24, 2.45) is 0 Å². The maximum atomic E-state index is 12.3. The van der Waals surface area contributed by atoms with Crippen molar-refractivity contribution in [3.05, 3.63) is 58.6 Å². The van der Waals surface area contributed by atoms with E-state index in [1.54, 1.807) is 30.3 Å². The molecule has 0 aliphatic rings. The fourth-order valence-electron chi connectivity index (χ4n) is 2.01. The van der Waals surface area contributed by atoms with Gasteiger partial charge in [-0.1, -0.05) is 24.6 Å². The summed E-state index contributed by atoms with van der Waals surface area (Å²) in [5.74, 6) is 0.451. The summed E-state index contributed by atoms with van der Waals surface area (Å²) in [6.07, 6.45) is 1.06. The van der Waals surface area contributed by atoms with Crippen molar-refractivity contribution in [2.75, 3.05) is 5.32 Å². The molecule has 0 spiro atoms. The lowest BCUT2D eigenvalue weighted by Crippen LogP contribution is -2.34. The molecule has 0 heterocycles. The molecule has 0 bridgehead atoms. The van der Waals surface area contributed by atoms with E-state index in [4.69, 9.17) is 28.6 Å². The first-order valence-electron chi connectivity index (χ1n) is 8.04. The number of aryl methyl sites for hydroxylation is 1. The largest absolute Gasteiger partial charge is 0.491 e. The predicted molar refractivity (Wildman–Crippen MR) is 107 cm³/mol. The van der Waals surface area contributed by atoms with Crippen LogP contribution in [0.3, 0.4) is 0 Å². The van der Waals surface area contributed by atoms with E-state index in [0.717, 1.165) is 23.4 Å². The molecular formula is C19H21ClN2O2S. The quantitative estimate of drug-likeness (QED) is 0.724. The van der Waals surface area contributed by atoms with Crippen LogP contribution in [0, 0.1) is 6.92 Å². The first-order chi connectivity index (χ1) is 11.9. The van der Waals surface area contributed by atoms with Crippen LogP contribution in [0.25, 0.3) is 0 Å². The van der Waals surface area contributed by atoms with Gasteiger partial charge in [0.1, 0.15) is 5.75 Å². The number of hydrogen-bond acceptors (Lipinski definition) is 3. The molecule has 1 unspecified atom stereocenters. The van der Waals surface area contributed by atoms with Crippen molar-refractivity contribution in [2.45, 2.75) is 33.3 Å². The summed E-state index contributed by atoms with van der Waals surface area (Å²) >= 11 is 11.3. The smallest absolute Gasteiger partial charge is 0.257 e. The molecule has 25 heavy (non-hydrogen) atoms. The molecule has 2 N–H and O–H groups in total. The fourth-order valence-corrected chi connectivity index (χ4v) is 2.40. The summed E-state index contributed by atoms with van der Waals surface area (Å²) in [6, 6.07) is 12.5. The molecule has 1 amide bonds. The van der Waals surface area contributed by atoms with Gasteiger partial charge in [-0.25, -0.2) is 0 Å². The monoisotopic (exact) mass is 376 g/mol. The molecule has 6 heteroatoms. The Morgan fingerprint density at radius 2 is 1.92 bits per heavy atom. The summed E-state index contributed by atoms with van der Waals surface area (Å²) in [6.45, 7) is 5.98. The first-order valence-corrected chi connectivity index (χ1v) is 8.83. The Labute approximate surface area is 158 Å². The zero-order valence-corrected chi connectivity index (χ0v) is 16.0. The number of carbonyl (C=O) groups excluding carboxylic acids is 1. The number of thiocarbonyl (C=S) groups is 1. The van der Waals surface area contributed by atoms with Crippen LogP contribution in [-0.4, -0.2) is 17.1 Å². The molecule has 4 nitrogen and oxygen atoms in total. The fraction of sp³-hybridized carbons (Fsp3) is 0.263. The van der Waals surface area contributed by atoms with Gasteiger partial charge in [-0.3, -0.25) is 10.1 Å². The molecule has 2 aromatic rings. The Morgan fingerprint density at radius 3 is 2.52 bits per heavy atom. The van der Waals surface area contributed by atoms with E-state index in [9.17, 15) is 4.79 Å². The van der Waals surface area contributed by atoms with E-state index in [1.807, 2.05) is 26.0 Å². The van der Waals surface area contributed by atoms with Gasteiger partial charge < -0.3 is 10.1 Å². The van der Waals surface area contributed by atoms with E-state index in [1.165, 1.54) is 0 Å². The molecule has 0 aromatic heterocycles. The number of carbonyl (C=O) groups is 1. The maximum Gasteiger partial charge on any atom is 0.257 e. The van der Waals surface area contributed by atoms with Crippen LogP contribution in [0.2, 0.25) is 5.02 Å². The number of rotatable bonds is 5. The van der Waals surface area contributed by atoms with Crippen LogP contribution < -0.4 is 15.4 Å². The number of benzene rings is 2. The van der Waals surface area contributed by atoms with Gasteiger partial charge in [0.25, 0.3) is 5.91 Å². The van der Waals surface area contributed by atoms with Crippen molar-refractivity contribution in [1.82, 2.24) is 5.32 Å². The van der Waals surface area contributed by atoms with Gasteiger partial charge in [0.2, 0.25) is 0 Å². The SMILES string of the molecule is CCC(C)Oc1ccc(C(=O)NC(=S)Nc2ccc(C)c(Cl)c2)cc1. The van der Waals surface area contributed by atoms with Crippen LogP contribution in [0.15, 0.2) is 42.5 Å². The highest BCUT2D eigenvalue weighted by Crippen LogP contribution is 2.20. The summed E-state index contributed by atoms with van der Waals surface area (Å²) in [4.78, 5) is 12.3. The topological polar surface area (TPSA) is 50.4 Å². The number of amides is 1. The minimum Gasteiger partial charge on any atom is -0.491 e. The summed E-state index contributed by atoms with van der Waals surface area (Å²) in [5, 5.41) is 6.44. The van der Waals surface area contributed by atoms with Crippen molar-refractivity contribution < 1.29 is 9.53 Å². The van der Waals surface area contributed by atoms with Gasteiger partial charge in [-0.15, -0.1) is 0 Å². The molecule has 0 aliphatic carbocycles. The lowest BCUT2D eigenvalue weighted by molar-refractivity contribution is 0.0977. The minimum absolute atomic E-state index is 0.137. The van der Waals surface area contributed by atoms with Gasteiger partial charge >= 0.3 is 0 Å². The molecule has 0 saturated carbocycles. The number of ether oxygens (including phenoxy) is 1. The molecule has 0 saturated heterocycles. The molecule has 0 fully saturated rings. The van der Waals surface area contributed by atoms with E-state index < -0.39 is 0 Å². The lowest BCUT2D eigenvalue weighted by Gasteiger charge is -2.13. The summed E-state index contributed by atoms with van der Waals surface area (Å²) in [5.41, 5.74) is 2.20. The minimum atomic E-state index is -0.286. The highest BCUT2D eigenvalue weighted by Gasteiger charge is 2.09. The molecular weight excluding hydrogens is 356 g/mol. The van der Waals surface area contributed by atoms with Gasteiger partial charge in [-0.2, -0.15) is 0 Å². The number of halogens is 1. The number of anilines is 1. The lowest BCUT2D eigenvalue weighted by atomic mass is 10.2. The van der Waals surface area contributed by atoms with Crippen molar-refractivity contribution in [3.8, 4) is 5.75 Å². The Balaban J connectivity index is 1.94. The Bertz CT molecular complexity index is 763. The third-order valence-corrected chi connectivity index (χ3v) is 4.30. The molecule has 1 atom stereocenters. The van der Waals surface area contributed by atoms with Gasteiger partial charge in [-0.05, 0) is 74.4 Å². The van der Waals surface area contributed by atoms with Crippen LogP contribution in [0.1, 0.15) is 36.2 Å².